The Hall–Kier alpha value is -2.15. The highest BCUT2D eigenvalue weighted by Crippen LogP contribution is 2.22. The van der Waals surface area contributed by atoms with E-state index in [0.29, 0.717) is 16.6 Å². The van der Waals surface area contributed by atoms with Crippen LogP contribution in [-0.4, -0.2) is 67.5 Å². The maximum absolute atomic E-state index is 11.7. The van der Waals surface area contributed by atoms with Gasteiger partial charge in [-0.3, -0.25) is 0 Å². The van der Waals surface area contributed by atoms with Crippen molar-refractivity contribution in [2.45, 2.75) is 56.7 Å². The van der Waals surface area contributed by atoms with Crippen LogP contribution in [0.5, 0.6) is 0 Å². The summed E-state index contributed by atoms with van der Waals surface area (Å²) in [5.41, 5.74) is 2.45. The van der Waals surface area contributed by atoms with Crippen molar-refractivity contribution in [1.82, 2.24) is 9.97 Å². The fourth-order valence-electron chi connectivity index (χ4n) is 3.20. The maximum atomic E-state index is 11.7. The summed E-state index contributed by atoms with van der Waals surface area (Å²) in [4.78, 5) is 17.1. The number of ether oxygens (including phenoxy) is 1. The van der Waals surface area contributed by atoms with Crippen LogP contribution in [-0.2, 0) is 11.2 Å². The van der Waals surface area contributed by atoms with Gasteiger partial charge in [0.05, 0.1) is 23.2 Å². The van der Waals surface area contributed by atoms with Crippen molar-refractivity contribution in [2.24, 2.45) is 0 Å². The van der Waals surface area contributed by atoms with E-state index in [-0.39, 0.29) is 5.69 Å². The van der Waals surface area contributed by atoms with E-state index in [2.05, 4.69) is 28.7 Å². The first-order valence-corrected chi connectivity index (χ1v) is 9.01. The van der Waals surface area contributed by atoms with Gasteiger partial charge < -0.3 is 35.1 Å². The first-order valence-electron chi connectivity index (χ1n) is 9.01. The van der Waals surface area contributed by atoms with Gasteiger partial charge in [0.1, 0.15) is 30.5 Å². The van der Waals surface area contributed by atoms with Crippen molar-refractivity contribution in [1.29, 1.82) is 0 Å². The number of hydrogen-bond acceptors (Lipinski definition) is 6. The number of H-pyrrole nitrogens is 2. The monoisotopic (exact) mass is 376 g/mol. The lowest BCUT2D eigenvalue weighted by atomic mass is 9.95. The molecule has 146 valence electrons. The molecule has 5 atom stereocenters. The van der Waals surface area contributed by atoms with E-state index in [9.17, 15) is 25.2 Å². The van der Waals surface area contributed by atoms with Crippen molar-refractivity contribution in [3.05, 3.63) is 33.7 Å². The molecule has 27 heavy (non-hydrogen) atoms. The van der Waals surface area contributed by atoms with Gasteiger partial charge in [-0.05, 0) is 30.5 Å². The van der Waals surface area contributed by atoms with Gasteiger partial charge in [-0.2, -0.15) is 0 Å². The number of aromatic nitrogens is 2. The van der Waals surface area contributed by atoms with Crippen molar-refractivity contribution in [3.63, 3.8) is 0 Å². The Bertz CT molecular complexity index is 906. The number of fused-ring (bicyclic) bond motifs is 1. The highest BCUT2D eigenvalue weighted by molar-refractivity contribution is 5.82. The Labute approximate surface area is 155 Å². The number of aliphatic hydroxyl groups excluding tert-OH is 4. The molecule has 2 heterocycles. The number of aryl methyl sites for hydroxylation is 1. The van der Waals surface area contributed by atoms with E-state index >= 15 is 0 Å². The molecular weight excluding hydrogens is 352 g/mol. The molecule has 0 radical (unpaired) electrons. The van der Waals surface area contributed by atoms with Gasteiger partial charge in [0.25, 0.3) is 0 Å². The van der Waals surface area contributed by atoms with Crippen LogP contribution in [0.4, 0.5) is 0 Å². The quantitative estimate of drug-likeness (QED) is 0.394. The molecule has 0 amide bonds. The number of unbranched alkanes of at least 4 members (excludes halogenated alkanes) is 1. The first-order chi connectivity index (χ1) is 12.9. The highest BCUT2D eigenvalue weighted by atomic mass is 16.5. The molecule has 6 N–H and O–H groups in total. The van der Waals surface area contributed by atoms with Crippen LogP contribution in [0.2, 0.25) is 0 Å². The molecule has 4 unspecified atom stereocenters. The molecule has 1 saturated heterocycles. The molecule has 0 saturated carbocycles. The third-order valence-corrected chi connectivity index (χ3v) is 4.75. The average molecular weight is 376 g/mol. The maximum Gasteiger partial charge on any atom is 0.323 e. The Morgan fingerprint density at radius 1 is 1.15 bits per heavy atom. The van der Waals surface area contributed by atoms with Crippen LogP contribution in [0.1, 0.15) is 30.9 Å². The molecule has 8 nitrogen and oxygen atoms in total. The second kappa shape index (κ2) is 8.25. The van der Waals surface area contributed by atoms with Crippen LogP contribution >= 0.6 is 0 Å². The number of rotatable bonds is 4. The van der Waals surface area contributed by atoms with Crippen molar-refractivity contribution in [2.75, 3.05) is 6.61 Å². The number of nitrogens with one attached hydrogen (secondary N) is 2. The lowest BCUT2D eigenvalue weighted by Crippen LogP contribution is -2.58. The van der Waals surface area contributed by atoms with E-state index in [4.69, 9.17) is 4.74 Å². The Morgan fingerprint density at radius 2 is 1.93 bits per heavy atom. The van der Waals surface area contributed by atoms with Gasteiger partial charge in [0, 0.05) is 0 Å². The molecule has 1 aliphatic heterocycles. The molecule has 2 aromatic rings. The first kappa shape index (κ1) is 19.6. The van der Waals surface area contributed by atoms with Crippen LogP contribution in [0.25, 0.3) is 11.0 Å². The van der Waals surface area contributed by atoms with E-state index in [1.165, 1.54) is 0 Å². The summed E-state index contributed by atoms with van der Waals surface area (Å²) >= 11 is 0. The number of aromatic amines is 2. The molecule has 1 fully saturated rings. The minimum Gasteiger partial charge on any atom is -0.394 e. The largest absolute Gasteiger partial charge is 0.394 e. The standard InChI is InChI=1S/C19H24N2O6/c1-2-3-4-10-7-11(15-12(8-10)20-19(26)21-15)5-6-13-16(23)18(25)17(24)14(9-22)27-13/h7-8,13-14,16-18,22-25H,2-4,9H2,1H3,(H2,20,21,26)/t13?,14?,16?,17-,18?/m1/s1. The topological polar surface area (TPSA) is 139 Å². The molecule has 0 aliphatic carbocycles. The summed E-state index contributed by atoms with van der Waals surface area (Å²) in [6.45, 7) is 1.58. The Kier molecular flexibility index (Phi) is 5.99. The van der Waals surface area contributed by atoms with Crippen molar-refractivity contribution >= 4 is 11.0 Å². The van der Waals surface area contributed by atoms with E-state index in [1.807, 2.05) is 12.1 Å². The zero-order valence-electron chi connectivity index (χ0n) is 15.0. The predicted molar refractivity (Wildman–Crippen MR) is 98.2 cm³/mol. The predicted octanol–water partition coefficient (Wildman–Crippen LogP) is -0.607. The van der Waals surface area contributed by atoms with Crippen molar-refractivity contribution in [3.8, 4) is 11.8 Å². The lowest BCUT2D eigenvalue weighted by Gasteiger charge is -2.37. The summed E-state index contributed by atoms with van der Waals surface area (Å²) in [6, 6.07) is 3.78. The molecule has 0 spiro atoms. The van der Waals surface area contributed by atoms with Crippen LogP contribution < -0.4 is 5.69 Å². The summed E-state index contributed by atoms with van der Waals surface area (Å²) in [5, 5.41) is 39.1. The molecular formula is C19H24N2O6. The van der Waals surface area contributed by atoms with Gasteiger partial charge in [0.2, 0.25) is 0 Å². The molecule has 0 bridgehead atoms. The number of aliphatic hydroxyl groups is 4. The van der Waals surface area contributed by atoms with E-state index < -0.39 is 37.1 Å². The normalized spacial score (nSPS) is 28.1. The number of benzene rings is 1. The lowest BCUT2D eigenvalue weighted by molar-refractivity contribution is -0.214. The van der Waals surface area contributed by atoms with Gasteiger partial charge in [-0.1, -0.05) is 25.2 Å². The third kappa shape index (κ3) is 4.08. The summed E-state index contributed by atoms with van der Waals surface area (Å²) in [5.74, 6) is 5.65. The third-order valence-electron chi connectivity index (χ3n) is 4.75. The molecule has 3 rings (SSSR count). The van der Waals surface area contributed by atoms with Gasteiger partial charge in [-0.15, -0.1) is 0 Å². The Morgan fingerprint density at radius 3 is 2.63 bits per heavy atom. The van der Waals surface area contributed by atoms with Gasteiger partial charge in [0.15, 0.2) is 0 Å². The summed E-state index contributed by atoms with van der Waals surface area (Å²) in [7, 11) is 0. The minimum atomic E-state index is -1.47. The molecule has 1 aliphatic rings. The van der Waals surface area contributed by atoms with Crippen LogP contribution in [0.3, 0.4) is 0 Å². The van der Waals surface area contributed by atoms with Crippen LogP contribution in [0.15, 0.2) is 16.9 Å². The smallest absolute Gasteiger partial charge is 0.323 e. The summed E-state index contributed by atoms with van der Waals surface area (Å²) < 4.78 is 5.40. The zero-order valence-corrected chi connectivity index (χ0v) is 15.0. The second-order valence-corrected chi connectivity index (χ2v) is 6.77. The SMILES string of the molecule is CCCCc1cc(C#CC2OC(CO)[C@@H](O)C(O)C2O)c2[nH]c(=O)[nH]c2c1. The fraction of sp³-hybridized carbons (Fsp3) is 0.526. The number of imidazole rings is 1. The molecule has 1 aromatic heterocycles. The van der Waals surface area contributed by atoms with Gasteiger partial charge >= 0.3 is 5.69 Å². The average Bonchev–Trinajstić information content (AvgIpc) is 3.04. The van der Waals surface area contributed by atoms with E-state index in [1.54, 1.807) is 0 Å². The highest BCUT2D eigenvalue weighted by Gasteiger charge is 2.42. The van der Waals surface area contributed by atoms with Crippen molar-refractivity contribution < 1.29 is 25.2 Å². The Balaban J connectivity index is 1.95. The van der Waals surface area contributed by atoms with Crippen LogP contribution in [0, 0.1) is 11.8 Å². The van der Waals surface area contributed by atoms with E-state index in [0.717, 1.165) is 24.8 Å². The van der Waals surface area contributed by atoms with Gasteiger partial charge in [-0.25, -0.2) is 4.79 Å². The molecule has 8 heteroatoms. The number of hydrogen-bond donors (Lipinski definition) is 6. The molecule has 1 aromatic carbocycles. The zero-order chi connectivity index (χ0) is 19.6. The second-order valence-electron chi connectivity index (χ2n) is 6.77. The summed E-state index contributed by atoms with van der Waals surface area (Å²) in [6.07, 6.45) is -3.53. The fourth-order valence-corrected chi connectivity index (χ4v) is 3.20. The minimum absolute atomic E-state index is 0.339.